The summed E-state index contributed by atoms with van der Waals surface area (Å²) in [5.74, 6) is 2.18. The Morgan fingerprint density at radius 3 is 3.00 bits per heavy atom. The lowest BCUT2D eigenvalue weighted by atomic mass is 9.91. The Bertz CT molecular complexity index is 547. The SMILES string of the molecule is CCNC(=NCC1CC(=O)Nc2ccccc21)NCCCSC. The van der Waals surface area contributed by atoms with Crippen LogP contribution in [-0.4, -0.2) is 43.5 Å². The lowest BCUT2D eigenvalue weighted by molar-refractivity contribution is -0.116. The van der Waals surface area contributed by atoms with E-state index in [0.717, 1.165) is 36.9 Å². The molecular formula is C17H26N4OS. The first-order chi connectivity index (χ1) is 11.2. The molecule has 3 N–H and O–H groups in total. The highest BCUT2D eigenvalue weighted by Gasteiger charge is 2.24. The molecule has 0 saturated carbocycles. The minimum absolute atomic E-state index is 0.0711. The van der Waals surface area contributed by atoms with Crippen molar-refractivity contribution in [1.82, 2.24) is 10.6 Å². The Balaban J connectivity index is 1.99. The topological polar surface area (TPSA) is 65.5 Å². The smallest absolute Gasteiger partial charge is 0.225 e. The fourth-order valence-corrected chi connectivity index (χ4v) is 3.06. The number of nitrogens with zero attached hydrogens (tertiary/aromatic N) is 1. The van der Waals surface area contributed by atoms with Gasteiger partial charge in [-0.2, -0.15) is 11.8 Å². The molecule has 1 heterocycles. The predicted octanol–water partition coefficient (Wildman–Crippen LogP) is 2.42. The second-order valence-electron chi connectivity index (χ2n) is 5.53. The summed E-state index contributed by atoms with van der Waals surface area (Å²) in [6, 6.07) is 7.99. The maximum Gasteiger partial charge on any atom is 0.225 e. The largest absolute Gasteiger partial charge is 0.357 e. The molecule has 0 radical (unpaired) electrons. The van der Waals surface area contributed by atoms with Gasteiger partial charge >= 0.3 is 0 Å². The number of hydrogen-bond acceptors (Lipinski definition) is 3. The second kappa shape index (κ2) is 9.45. The van der Waals surface area contributed by atoms with Crippen LogP contribution < -0.4 is 16.0 Å². The summed E-state index contributed by atoms with van der Waals surface area (Å²) < 4.78 is 0. The Hall–Kier alpha value is -1.69. The fourth-order valence-electron chi connectivity index (χ4n) is 2.63. The molecular weight excluding hydrogens is 308 g/mol. The summed E-state index contributed by atoms with van der Waals surface area (Å²) in [7, 11) is 0. The van der Waals surface area contributed by atoms with Gasteiger partial charge in [0.2, 0.25) is 5.91 Å². The van der Waals surface area contributed by atoms with Crippen LogP contribution in [0.2, 0.25) is 0 Å². The number of para-hydroxylation sites is 1. The third-order valence-corrected chi connectivity index (χ3v) is 4.44. The van der Waals surface area contributed by atoms with Crippen molar-refractivity contribution in [2.45, 2.75) is 25.7 Å². The van der Waals surface area contributed by atoms with E-state index in [1.807, 2.05) is 30.0 Å². The number of carbonyl (C=O) groups excluding carboxylic acids is 1. The number of guanidine groups is 1. The lowest BCUT2D eigenvalue weighted by Crippen LogP contribution is -2.38. The molecule has 0 bridgehead atoms. The molecule has 1 amide bonds. The van der Waals surface area contributed by atoms with Crippen molar-refractivity contribution in [3.05, 3.63) is 29.8 Å². The zero-order chi connectivity index (χ0) is 16.5. The van der Waals surface area contributed by atoms with Gasteiger partial charge in [0.25, 0.3) is 0 Å². The van der Waals surface area contributed by atoms with Crippen LogP contribution in [-0.2, 0) is 4.79 Å². The average Bonchev–Trinajstić information content (AvgIpc) is 2.56. The Morgan fingerprint density at radius 2 is 2.22 bits per heavy atom. The minimum atomic E-state index is 0.0711. The number of fused-ring (bicyclic) bond motifs is 1. The number of amides is 1. The first kappa shape index (κ1) is 17.7. The van der Waals surface area contributed by atoms with Gasteiger partial charge in [-0.05, 0) is 37.0 Å². The molecule has 0 fully saturated rings. The molecule has 6 heteroatoms. The number of rotatable bonds is 7. The highest BCUT2D eigenvalue weighted by Crippen LogP contribution is 2.31. The van der Waals surface area contributed by atoms with E-state index >= 15 is 0 Å². The summed E-state index contributed by atoms with van der Waals surface area (Å²) in [4.78, 5) is 16.5. The third-order valence-electron chi connectivity index (χ3n) is 3.74. The van der Waals surface area contributed by atoms with Crippen molar-refractivity contribution in [1.29, 1.82) is 0 Å². The van der Waals surface area contributed by atoms with Gasteiger partial charge in [0.15, 0.2) is 5.96 Å². The lowest BCUT2D eigenvalue weighted by Gasteiger charge is -2.24. The van der Waals surface area contributed by atoms with Crippen LogP contribution in [0.15, 0.2) is 29.3 Å². The molecule has 0 aliphatic carbocycles. The van der Waals surface area contributed by atoms with Gasteiger partial charge in [0.05, 0.1) is 6.54 Å². The van der Waals surface area contributed by atoms with E-state index in [-0.39, 0.29) is 11.8 Å². The maximum absolute atomic E-state index is 11.9. The van der Waals surface area contributed by atoms with E-state index in [9.17, 15) is 4.79 Å². The van der Waals surface area contributed by atoms with Crippen molar-refractivity contribution >= 4 is 29.3 Å². The number of nitrogens with one attached hydrogen (secondary N) is 3. The highest BCUT2D eigenvalue weighted by atomic mass is 32.2. The standard InChI is InChI=1S/C17H26N4OS/c1-3-18-17(19-9-6-10-23-2)20-12-13-11-16(22)21-15-8-5-4-7-14(13)15/h4-5,7-8,13H,3,6,9-12H2,1-2H3,(H,21,22)(H2,18,19,20). The van der Waals surface area contributed by atoms with Crippen LogP contribution in [0.5, 0.6) is 0 Å². The average molecular weight is 334 g/mol. The van der Waals surface area contributed by atoms with Crippen molar-refractivity contribution in [2.75, 3.05) is 37.0 Å². The first-order valence-corrected chi connectivity index (χ1v) is 9.54. The van der Waals surface area contributed by atoms with Gasteiger partial charge < -0.3 is 16.0 Å². The Labute approximate surface area is 142 Å². The minimum Gasteiger partial charge on any atom is -0.357 e. The van der Waals surface area contributed by atoms with E-state index in [2.05, 4.69) is 40.2 Å². The van der Waals surface area contributed by atoms with Crippen LogP contribution in [0.1, 0.15) is 31.2 Å². The molecule has 5 nitrogen and oxygen atoms in total. The van der Waals surface area contributed by atoms with E-state index < -0.39 is 0 Å². The van der Waals surface area contributed by atoms with Crippen LogP contribution >= 0.6 is 11.8 Å². The van der Waals surface area contributed by atoms with Gasteiger partial charge in [-0.25, -0.2) is 0 Å². The summed E-state index contributed by atoms with van der Waals surface area (Å²) in [5.41, 5.74) is 2.09. The van der Waals surface area contributed by atoms with Crippen molar-refractivity contribution in [2.24, 2.45) is 4.99 Å². The summed E-state index contributed by atoms with van der Waals surface area (Å²) in [6.45, 7) is 4.41. The zero-order valence-corrected chi connectivity index (χ0v) is 14.7. The molecule has 126 valence electrons. The molecule has 0 aromatic heterocycles. The normalized spacial score (nSPS) is 17.4. The van der Waals surface area contributed by atoms with Crippen LogP contribution in [0.4, 0.5) is 5.69 Å². The van der Waals surface area contributed by atoms with Gasteiger partial charge in [0, 0.05) is 31.1 Å². The van der Waals surface area contributed by atoms with Crippen LogP contribution in [0, 0.1) is 0 Å². The predicted molar refractivity (Wildman–Crippen MR) is 99.4 cm³/mol. The molecule has 1 aliphatic rings. The highest BCUT2D eigenvalue weighted by molar-refractivity contribution is 7.98. The summed E-state index contributed by atoms with van der Waals surface area (Å²) in [6.07, 6.45) is 3.72. The number of aliphatic imine (C=N–C) groups is 1. The molecule has 0 spiro atoms. The monoisotopic (exact) mass is 334 g/mol. The van der Waals surface area contributed by atoms with Gasteiger partial charge in [-0.15, -0.1) is 0 Å². The number of benzene rings is 1. The number of thioether (sulfide) groups is 1. The van der Waals surface area contributed by atoms with Crippen molar-refractivity contribution in [3.8, 4) is 0 Å². The Morgan fingerprint density at radius 1 is 1.39 bits per heavy atom. The van der Waals surface area contributed by atoms with Crippen molar-refractivity contribution < 1.29 is 4.79 Å². The molecule has 1 aromatic carbocycles. The molecule has 0 saturated heterocycles. The molecule has 1 aromatic rings. The van der Waals surface area contributed by atoms with E-state index in [4.69, 9.17) is 0 Å². The molecule has 1 atom stereocenters. The quantitative estimate of drug-likeness (QED) is 0.407. The Kier molecular flexibility index (Phi) is 7.26. The molecule has 1 unspecified atom stereocenters. The molecule has 1 aliphatic heterocycles. The number of anilines is 1. The first-order valence-electron chi connectivity index (χ1n) is 8.14. The van der Waals surface area contributed by atoms with Gasteiger partial charge in [0.1, 0.15) is 0 Å². The van der Waals surface area contributed by atoms with Crippen LogP contribution in [0.25, 0.3) is 0 Å². The zero-order valence-electron chi connectivity index (χ0n) is 13.9. The molecule has 23 heavy (non-hydrogen) atoms. The maximum atomic E-state index is 11.9. The van der Waals surface area contributed by atoms with E-state index in [0.29, 0.717) is 13.0 Å². The third kappa shape index (κ3) is 5.46. The molecule has 2 rings (SSSR count). The van der Waals surface area contributed by atoms with Gasteiger partial charge in [-0.3, -0.25) is 9.79 Å². The van der Waals surface area contributed by atoms with E-state index in [1.54, 1.807) is 0 Å². The van der Waals surface area contributed by atoms with Gasteiger partial charge in [-0.1, -0.05) is 18.2 Å². The van der Waals surface area contributed by atoms with Crippen molar-refractivity contribution in [3.63, 3.8) is 0 Å². The van der Waals surface area contributed by atoms with E-state index in [1.165, 1.54) is 5.56 Å². The summed E-state index contributed by atoms with van der Waals surface area (Å²) in [5, 5.41) is 9.55. The fraction of sp³-hybridized carbons (Fsp3) is 0.529. The van der Waals surface area contributed by atoms with Crippen LogP contribution in [0.3, 0.4) is 0 Å². The summed E-state index contributed by atoms with van der Waals surface area (Å²) >= 11 is 1.85. The second-order valence-corrected chi connectivity index (χ2v) is 6.51. The number of hydrogen-bond donors (Lipinski definition) is 3. The number of carbonyl (C=O) groups is 1.